The second-order valence-electron chi connectivity index (χ2n) is 4.65. The Bertz CT molecular complexity index is 564. The van der Waals surface area contributed by atoms with Crippen molar-refractivity contribution in [3.63, 3.8) is 0 Å². The number of aliphatic hydroxyl groups excluding tert-OH is 1. The number of rotatable bonds is 4. The Labute approximate surface area is 119 Å². The molecule has 2 rings (SSSR count). The molecule has 0 bridgehead atoms. The van der Waals surface area contributed by atoms with Crippen molar-refractivity contribution in [1.82, 2.24) is 4.31 Å². The molecule has 0 atom stereocenters. The average Bonchev–Trinajstić information content (AvgIpc) is 2.46. The van der Waals surface area contributed by atoms with Crippen molar-refractivity contribution in [3.05, 3.63) is 18.2 Å². The molecule has 1 aliphatic rings. The number of aliphatic hydroxyl groups is 1. The number of piperidine rings is 1. The van der Waals surface area contributed by atoms with Gasteiger partial charge in [0.2, 0.25) is 10.0 Å². The maximum absolute atomic E-state index is 12.6. The maximum Gasteiger partial charge on any atom is 0.246 e. The third-order valence-electron chi connectivity index (χ3n) is 3.41. The summed E-state index contributed by atoms with van der Waals surface area (Å²) < 4.78 is 36.8. The minimum Gasteiger partial charge on any atom is -0.497 e. The summed E-state index contributed by atoms with van der Waals surface area (Å²) in [5, 5.41) is 9.47. The molecule has 6 nitrogen and oxygen atoms in total. The first-order chi connectivity index (χ1) is 9.48. The van der Waals surface area contributed by atoms with Gasteiger partial charge in [-0.05, 0) is 25.0 Å². The topological polar surface area (TPSA) is 76.1 Å². The van der Waals surface area contributed by atoms with Gasteiger partial charge in [-0.3, -0.25) is 0 Å². The Kier molecular flexibility index (Phi) is 4.52. The zero-order valence-corrected chi connectivity index (χ0v) is 12.4. The van der Waals surface area contributed by atoms with Crippen molar-refractivity contribution >= 4 is 10.0 Å². The quantitative estimate of drug-likeness (QED) is 0.892. The second kappa shape index (κ2) is 5.99. The first-order valence-corrected chi connectivity index (χ1v) is 7.83. The lowest BCUT2D eigenvalue weighted by molar-refractivity contribution is 0.113. The highest BCUT2D eigenvalue weighted by molar-refractivity contribution is 7.89. The van der Waals surface area contributed by atoms with Crippen LogP contribution in [0.15, 0.2) is 23.1 Å². The lowest BCUT2D eigenvalue weighted by Gasteiger charge is -2.29. The molecule has 0 unspecified atom stereocenters. The number of ether oxygens (including phenoxy) is 2. The molecule has 1 aromatic rings. The smallest absolute Gasteiger partial charge is 0.246 e. The highest BCUT2D eigenvalue weighted by Crippen LogP contribution is 2.31. The van der Waals surface area contributed by atoms with Crippen LogP contribution >= 0.6 is 0 Å². The number of benzene rings is 1. The van der Waals surface area contributed by atoms with E-state index in [0.717, 1.165) is 0 Å². The first-order valence-electron chi connectivity index (χ1n) is 6.39. The summed E-state index contributed by atoms with van der Waals surface area (Å²) >= 11 is 0. The first kappa shape index (κ1) is 15.1. The summed E-state index contributed by atoms with van der Waals surface area (Å²) in [6.45, 7) is 0.636. The van der Waals surface area contributed by atoms with Gasteiger partial charge >= 0.3 is 0 Å². The molecule has 1 saturated heterocycles. The summed E-state index contributed by atoms with van der Waals surface area (Å²) in [6, 6.07) is 4.62. The van der Waals surface area contributed by atoms with E-state index >= 15 is 0 Å². The van der Waals surface area contributed by atoms with Gasteiger partial charge < -0.3 is 14.6 Å². The monoisotopic (exact) mass is 301 g/mol. The Balaban J connectivity index is 2.34. The lowest BCUT2D eigenvalue weighted by Crippen LogP contribution is -2.40. The number of sulfonamides is 1. The fourth-order valence-corrected chi connectivity index (χ4v) is 3.82. The predicted molar refractivity (Wildman–Crippen MR) is 73.5 cm³/mol. The van der Waals surface area contributed by atoms with Gasteiger partial charge in [-0.2, -0.15) is 4.31 Å². The molecule has 0 spiro atoms. The standard InChI is InChI=1S/C13H19NO5S/c1-18-11-3-4-13(12(9-11)19-2)20(16,17)14-7-5-10(15)6-8-14/h3-4,9-10,15H,5-8H2,1-2H3. The van der Waals surface area contributed by atoms with Gasteiger partial charge in [-0.25, -0.2) is 8.42 Å². The molecule has 7 heteroatoms. The normalized spacial score (nSPS) is 17.9. The summed E-state index contributed by atoms with van der Waals surface area (Å²) in [6.07, 6.45) is 0.495. The van der Waals surface area contributed by atoms with Gasteiger partial charge in [0.25, 0.3) is 0 Å². The van der Waals surface area contributed by atoms with Gasteiger partial charge in [-0.1, -0.05) is 0 Å². The molecule has 0 aromatic heterocycles. The van der Waals surface area contributed by atoms with Gasteiger partial charge in [0.05, 0.1) is 20.3 Å². The number of hydrogen-bond acceptors (Lipinski definition) is 5. The third-order valence-corrected chi connectivity index (χ3v) is 5.35. The van der Waals surface area contributed by atoms with E-state index < -0.39 is 16.1 Å². The summed E-state index contributed by atoms with van der Waals surface area (Å²) in [7, 11) is -0.678. The van der Waals surface area contributed by atoms with E-state index in [1.54, 1.807) is 12.1 Å². The fraction of sp³-hybridized carbons (Fsp3) is 0.538. The van der Waals surface area contributed by atoms with Crippen LogP contribution in [0.4, 0.5) is 0 Å². The van der Waals surface area contributed by atoms with E-state index in [1.165, 1.54) is 24.6 Å². The van der Waals surface area contributed by atoms with Crippen LogP contribution in [0.2, 0.25) is 0 Å². The van der Waals surface area contributed by atoms with Crippen LogP contribution in [-0.4, -0.2) is 51.2 Å². The highest BCUT2D eigenvalue weighted by Gasteiger charge is 2.31. The largest absolute Gasteiger partial charge is 0.497 e. The molecule has 1 aliphatic heterocycles. The molecular weight excluding hydrogens is 282 g/mol. The van der Waals surface area contributed by atoms with Crippen molar-refractivity contribution in [2.45, 2.75) is 23.8 Å². The number of hydrogen-bond donors (Lipinski definition) is 1. The van der Waals surface area contributed by atoms with E-state index in [2.05, 4.69) is 0 Å². The van der Waals surface area contributed by atoms with E-state index in [9.17, 15) is 13.5 Å². The number of nitrogens with zero attached hydrogens (tertiary/aromatic N) is 1. The summed E-state index contributed by atoms with van der Waals surface area (Å²) in [5.41, 5.74) is 0. The van der Waals surface area contributed by atoms with Crippen LogP contribution < -0.4 is 9.47 Å². The summed E-state index contributed by atoms with van der Waals surface area (Å²) in [5.74, 6) is 0.797. The molecular formula is C13H19NO5S. The molecule has 1 fully saturated rings. The lowest BCUT2D eigenvalue weighted by atomic mass is 10.1. The van der Waals surface area contributed by atoms with Crippen LogP contribution in [0, 0.1) is 0 Å². The van der Waals surface area contributed by atoms with Crippen LogP contribution in [-0.2, 0) is 10.0 Å². The second-order valence-corrected chi connectivity index (χ2v) is 6.56. The zero-order chi connectivity index (χ0) is 14.8. The van der Waals surface area contributed by atoms with Crippen LogP contribution in [0.5, 0.6) is 11.5 Å². The number of methoxy groups -OCH3 is 2. The Morgan fingerprint density at radius 3 is 2.40 bits per heavy atom. The highest BCUT2D eigenvalue weighted by atomic mass is 32.2. The van der Waals surface area contributed by atoms with E-state index in [0.29, 0.717) is 31.7 Å². The molecule has 20 heavy (non-hydrogen) atoms. The molecule has 112 valence electrons. The van der Waals surface area contributed by atoms with E-state index in [-0.39, 0.29) is 10.6 Å². The molecule has 1 aromatic carbocycles. The average molecular weight is 301 g/mol. The van der Waals surface area contributed by atoms with E-state index in [1.807, 2.05) is 0 Å². The molecule has 0 radical (unpaired) electrons. The minimum atomic E-state index is -3.61. The molecule has 0 saturated carbocycles. The molecule has 1 N–H and O–H groups in total. The molecule has 1 heterocycles. The van der Waals surface area contributed by atoms with Gasteiger partial charge in [0.1, 0.15) is 16.4 Å². The van der Waals surface area contributed by atoms with Crippen molar-refractivity contribution in [2.24, 2.45) is 0 Å². The molecule has 0 aliphatic carbocycles. The van der Waals surface area contributed by atoms with Crippen LogP contribution in [0.25, 0.3) is 0 Å². The SMILES string of the molecule is COc1ccc(S(=O)(=O)N2CCC(O)CC2)c(OC)c1. The van der Waals surface area contributed by atoms with Gasteiger partial charge in [0.15, 0.2) is 0 Å². The van der Waals surface area contributed by atoms with Gasteiger partial charge in [-0.15, -0.1) is 0 Å². The Morgan fingerprint density at radius 1 is 1.20 bits per heavy atom. The van der Waals surface area contributed by atoms with Crippen molar-refractivity contribution in [1.29, 1.82) is 0 Å². The van der Waals surface area contributed by atoms with Gasteiger partial charge in [0, 0.05) is 19.2 Å². The zero-order valence-electron chi connectivity index (χ0n) is 11.6. The fourth-order valence-electron chi connectivity index (χ4n) is 2.21. The Morgan fingerprint density at radius 2 is 1.85 bits per heavy atom. The van der Waals surface area contributed by atoms with Crippen molar-refractivity contribution in [3.8, 4) is 11.5 Å². The third kappa shape index (κ3) is 2.89. The van der Waals surface area contributed by atoms with Crippen LogP contribution in [0.3, 0.4) is 0 Å². The Hall–Kier alpha value is -1.31. The molecule has 0 amide bonds. The van der Waals surface area contributed by atoms with Crippen molar-refractivity contribution < 1.29 is 23.0 Å². The van der Waals surface area contributed by atoms with E-state index in [4.69, 9.17) is 9.47 Å². The minimum absolute atomic E-state index is 0.122. The predicted octanol–water partition coefficient (Wildman–Crippen LogP) is 0.849. The maximum atomic E-state index is 12.6. The van der Waals surface area contributed by atoms with Crippen molar-refractivity contribution in [2.75, 3.05) is 27.3 Å². The summed E-state index contributed by atoms with van der Waals surface area (Å²) in [4.78, 5) is 0.122. The van der Waals surface area contributed by atoms with Crippen LogP contribution in [0.1, 0.15) is 12.8 Å².